The Morgan fingerprint density at radius 1 is 1.29 bits per heavy atom. The SMILES string of the molecule is C=CN(C)C(=C)CC(C)(C)c1cc2ccccc2s1.CC. The number of nitrogens with zero attached hydrogens (tertiary/aromatic N) is 1. The van der Waals surface area contributed by atoms with E-state index in [1.54, 1.807) is 0 Å². The Bertz CT molecular complexity index is 574. The van der Waals surface area contributed by atoms with Gasteiger partial charge in [-0.1, -0.05) is 59.1 Å². The van der Waals surface area contributed by atoms with Crippen molar-refractivity contribution < 1.29 is 0 Å². The first-order valence-electron chi connectivity index (χ1n) is 7.46. The summed E-state index contributed by atoms with van der Waals surface area (Å²) in [5, 5.41) is 1.33. The molecular weight excluding hydrogens is 274 g/mol. The van der Waals surface area contributed by atoms with E-state index < -0.39 is 0 Å². The predicted molar refractivity (Wildman–Crippen MR) is 97.9 cm³/mol. The molecule has 0 N–H and O–H groups in total. The zero-order valence-electron chi connectivity index (χ0n) is 13.9. The fraction of sp³-hybridized carbons (Fsp3) is 0.368. The molecule has 0 saturated carbocycles. The van der Waals surface area contributed by atoms with E-state index in [1.807, 2.05) is 43.3 Å². The maximum absolute atomic E-state index is 4.15. The second-order valence-electron chi connectivity index (χ2n) is 5.57. The smallest absolute Gasteiger partial charge is 0.0345 e. The van der Waals surface area contributed by atoms with E-state index in [-0.39, 0.29) is 5.41 Å². The van der Waals surface area contributed by atoms with Gasteiger partial charge in [0.2, 0.25) is 0 Å². The van der Waals surface area contributed by atoms with Crippen molar-refractivity contribution in [2.75, 3.05) is 7.05 Å². The van der Waals surface area contributed by atoms with E-state index >= 15 is 0 Å². The summed E-state index contributed by atoms with van der Waals surface area (Å²) in [5.74, 6) is 0. The van der Waals surface area contributed by atoms with Crippen molar-refractivity contribution in [1.29, 1.82) is 0 Å². The minimum Gasteiger partial charge on any atom is -0.356 e. The summed E-state index contributed by atoms with van der Waals surface area (Å²) >= 11 is 1.88. The van der Waals surface area contributed by atoms with Gasteiger partial charge < -0.3 is 4.90 Å². The third-order valence-electron chi connectivity index (χ3n) is 3.51. The van der Waals surface area contributed by atoms with Crippen LogP contribution in [0, 0.1) is 0 Å². The van der Waals surface area contributed by atoms with E-state index in [9.17, 15) is 0 Å². The molecule has 0 spiro atoms. The van der Waals surface area contributed by atoms with Gasteiger partial charge in [-0.05, 0) is 30.1 Å². The van der Waals surface area contributed by atoms with Crippen LogP contribution in [0.1, 0.15) is 39.0 Å². The fourth-order valence-corrected chi connectivity index (χ4v) is 3.33. The quantitative estimate of drug-likeness (QED) is 0.637. The van der Waals surface area contributed by atoms with E-state index in [1.165, 1.54) is 15.0 Å². The number of hydrogen-bond acceptors (Lipinski definition) is 2. The third kappa shape index (κ3) is 4.21. The monoisotopic (exact) mass is 301 g/mol. The molecule has 0 fully saturated rings. The Labute approximate surface area is 133 Å². The summed E-state index contributed by atoms with van der Waals surface area (Å²) in [6.45, 7) is 16.5. The first-order valence-corrected chi connectivity index (χ1v) is 8.28. The van der Waals surface area contributed by atoms with E-state index in [0.29, 0.717) is 0 Å². The highest BCUT2D eigenvalue weighted by atomic mass is 32.1. The fourth-order valence-electron chi connectivity index (χ4n) is 2.17. The van der Waals surface area contributed by atoms with Crippen molar-refractivity contribution in [3.8, 4) is 0 Å². The van der Waals surface area contributed by atoms with Crippen molar-refractivity contribution >= 4 is 21.4 Å². The van der Waals surface area contributed by atoms with Crippen LogP contribution in [0.4, 0.5) is 0 Å². The molecule has 0 radical (unpaired) electrons. The molecule has 2 aromatic rings. The largest absolute Gasteiger partial charge is 0.356 e. The molecule has 2 heteroatoms. The maximum Gasteiger partial charge on any atom is 0.0345 e. The zero-order chi connectivity index (χ0) is 16.0. The molecule has 0 unspecified atom stereocenters. The van der Waals surface area contributed by atoms with Crippen LogP contribution in [0.2, 0.25) is 0 Å². The van der Waals surface area contributed by atoms with Crippen LogP contribution in [0.25, 0.3) is 10.1 Å². The molecule has 0 aliphatic carbocycles. The van der Waals surface area contributed by atoms with Crippen LogP contribution in [0.3, 0.4) is 0 Å². The normalized spacial score (nSPS) is 10.7. The van der Waals surface area contributed by atoms with Crippen molar-refractivity contribution in [2.45, 2.75) is 39.5 Å². The summed E-state index contributed by atoms with van der Waals surface area (Å²) < 4.78 is 1.35. The molecule has 1 aromatic carbocycles. The van der Waals surface area contributed by atoms with Crippen molar-refractivity contribution in [3.05, 3.63) is 60.3 Å². The average molecular weight is 301 g/mol. The standard InChI is InChI=1S/C17H21NS.C2H6/c1-6-18(5)13(2)12-17(3,4)16-11-14-9-7-8-10-15(14)19-16;1-2/h6-11H,1-2,12H2,3-5H3;1-2H3. The highest BCUT2D eigenvalue weighted by molar-refractivity contribution is 7.19. The topological polar surface area (TPSA) is 3.24 Å². The molecule has 0 bridgehead atoms. The molecule has 0 amide bonds. The van der Waals surface area contributed by atoms with Crippen LogP contribution in [-0.2, 0) is 5.41 Å². The van der Waals surface area contributed by atoms with Crippen LogP contribution in [0.5, 0.6) is 0 Å². The Hall–Kier alpha value is -1.54. The summed E-state index contributed by atoms with van der Waals surface area (Å²) in [6.07, 6.45) is 2.74. The van der Waals surface area contributed by atoms with E-state index in [4.69, 9.17) is 0 Å². The van der Waals surface area contributed by atoms with Gasteiger partial charge in [-0.2, -0.15) is 0 Å². The minimum absolute atomic E-state index is 0.0953. The number of allylic oxidation sites excluding steroid dienone is 1. The third-order valence-corrected chi connectivity index (χ3v) is 4.99. The van der Waals surface area contributed by atoms with Gasteiger partial charge in [0, 0.05) is 27.7 Å². The van der Waals surface area contributed by atoms with E-state index in [0.717, 1.165) is 12.1 Å². The van der Waals surface area contributed by atoms with Crippen LogP contribution in [0.15, 0.2) is 55.4 Å². The van der Waals surface area contributed by atoms with Gasteiger partial charge in [-0.15, -0.1) is 11.3 Å². The van der Waals surface area contributed by atoms with Gasteiger partial charge in [0.1, 0.15) is 0 Å². The molecule has 21 heavy (non-hydrogen) atoms. The summed E-state index contributed by atoms with van der Waals surface area (Å²) in [6, 6.07) is 10.9. The predicted octanol–water partition coefficient (Wildman–Crippen LogP) is 6.18. The summed E-state index contributed by atoms with van der Waals surface area (Å²) in [5.41, 5.74) is 1.19. The lowest BCUT2D eigenvalue weighted by atomic mass is 9.86. The van der Waals surface area contributed by atoms with Gasteiger partial charge in [0.15, 0.2) is 0 Å². The second-order valence-corrected chi connectivity index (χ2v) is 6.65. The molecule has 0 aliphatic heterocycles. The van der Waals surface area contributed by atoms with E-state index in [2.05, 4.69) is 57.3 Å². The van der Waals surface area contributed by atoms with Crippen LogP contribution in [-0.4, -0.2) is 11.9 Å². The molecule has 0 aliphatic rings. The lowest BCUT2D eigenvalue weighted by Gasteiger charge is -2.27. The number of hydrogen-bond donors (Lipinski definition) is 0. The van der Waals surface area contributed by atoms with Gasteiger partial charge in [-0.3, -0.25) is 0 Å². The number of thiophene rings is 1. The van der Waals surface area contributed by atoms with Crippen molar-refractivity contribution in [3.63, 3.8) is 0 Å². The molecule has 0 atom stereocenters. The molecule has 0 saturated heterocycles. The van der Waals surface area contributed by atoms with Crippen LogP contribution < -0.4 is 0 Å². The Kier molecular flexibility index (Phi) is 6.22. The molecular formula is C19H27NS. The van der Waals surface area contributed by atoms with Gasteiger partial charge in [0.05, 0.1) is 0 Å². The highest BCUT2D eigenvalue weighted by Crippen LogP contribution is 2.38. The number of fused-ring (bicyclic) bond motifs is 1. The first-order chi connectivity index (χ1) is 9.94. The number of rotatable bonds is 5. The Balaban J connectivity index is 0.00000106. The second kappa shape index (κ2) is 7.46. The average Bonchev–Trinajstić information content (AvgIpc) is 2.93. The zero-order valence-corrected chi connectivity index (χ0v) is 14.8. The maximum atomic E-state index is 4.15. The van der Waals surface area contributed by atoms with Crippen molar-refractivity contribution in [1.82, 2.24) is 4.90 Å². The molecule has 1 aromatic heterocycles. The van der Waals surface area contributed by atoms with Crippen molar-refractivity contribution in [2.24, 2.45) is 0 Å². The minimum atomic E-state index is 0.0953. The lowest BCUT2D eigenvalue weighted by molar-refractivity contribution is 0.448. The Morgan fingerprint density at radius 3 is 2.48 bits per heavy atom. The molecule has 2 rings (SSSR count). The van der Waals surface area contributed by atoms with Gasteiger partial charge >= 0.3 is 0 Å². The number of benzene rings is 1. The molecule has 1 heterocycles. The van der Waals surface area contributed by atoms with Gasteiger partial charge in [-0.25, -0.2) is 0 Å². The van der Waals surface area contributed by atoms with Crippen LogP contribution >= 0.6 is 11.3 Å². The first kappa shape index (κ1) is 17.5. The summed E-state index contributed by atoms with van der Waals surface area (Å²) in [7, 11) is 2.00. The molecule has 1 nitrogen and oxygen atoms in total. The Morgan fingerprint density at radius 2 is 1.90 bits per heavy atom. The summed E-state index contributed by atoms with van der Waals surface area (Å²) in [4.78, 5) is 3.40. The lowest BCUT2D eigenvalue weighted by Crippen LogP contribution is -2.21. The van der Waals surface area contributed by atoms with Gasteiger partial charge in [0.25, 0.3) is 0 Å². The highest BCUT2D eigenvalue weighted by Gasteiger charge is 2.24. The molecule has 114 valence electrons.